The number of nitrogens with one attached hydrogen (secondary N) is 1. The van der Waals surface area contributed by atoms with Crippen LogP contribution in [0.15, 0.2) is 36.4 Å². The minimum absolute atomic E-state index is 0.352. The molecule has 2 aromatic carbocycles. The van der Waals surface area contributed by atoms with E-state index in [1.54, 1.807) is 24.3 Å². The van der Waals surface area contributed by atoms with Gasteiger partial charge in [0, 0.05) is 11.6 Å². The molecule has 6 heteroatoms. The Morgan fingerprint density at radius 3 is 2.35 bits per heavy atom. The van der Waals surface area contributed by atoms with Crippen LogP contribution in [0.5, 0.6) is 0 Å². The predicted molar refractivity (Wildman–Crippen MR) is 75.3 cm³/mol. The van der Waals surface area contributed by atoms with E-state index in [-0.39, 0.29) is 5.02 Å². The first-order valence-electron chi connectivity index (χ1n) is 5.62. The van der Waals surface area contributed by atoms with Crippen LogP contribution in [0, 0.1) is 11.6 Å². The van der Waals surface area contributed by atoms with Crippen LogP contribution in [0.2, 0.25) is 5.02 Å². The zero-order valence-corrected chi connectivity index (χ0v) is 11.6. The van der Waals surface area contributed by atoms with Crippen LogP contribution >= 0.6 is 23.2 Å². The normalized spacial score (nSPS) is 10.4. The third-order valence-corrected chi connectivity index (χ3v) is 3.22. The van der Waals surface area contributed by atoms with Crippen LogP contribution < -0.4 is 5.32 Å². The molecular formula is C14H9Cl2F2NO. The minimum Gasteiger partial charge on any atom is -0.322 e. The molecule has 1 amide bonds. The molecule has 0 spiro atoms. The number of halogens is 4. The highest BCUT2D eigenvalue weighted by atomic mass is 35.5. The highest BCUT2D eigenvalue weighted by Crippen LogP contribution is 2.20. The molecule has 0 atom stereocenters. The predicted octanol–water partition coefficient (Wildman–Crippen LogP) is 4.61. The van der Waals surface area contributed by atoms with Gasteiger partial charge < -0.3 is 5.32 Å². The van der Waals surface area contributed by atoms with Crippen molar-refractivity contribution in [2.24, 2.45) is 0 Å². The first kappa shape index (κ1) is 14.8. The summed E-state index contributed by atoms with van der Waals surface area (Å²) in [6.45, 7) is 0. The number of rotatable bonds is 3. The van der Waals surface area contributed by atoms with E-state index in [0.29, 0.717) is 11.6 Å². The van der Waals surface area contributed by atoms with E-state index in [1.165, 1.54) is 0 Å². The average Bonchev–Trinajstić information content (AvgIpc) is 2.43. The maximum absolute atomic E-state index is 13.6. The summed E-state index contributed by atoms with van der Waals surface area (Å²) in [5.74, 6) is -2.13. The Hall–Kier alpha value is -1.65. The second-order valence-electron chi connectivity index (χ2n) is 4.03. The number of anilines is 1. The summed E-state index contributed by atoms with van der Waals surface area (Å²) in [4.78, 5) is 11.9. The van der Waals surface area contributed by atoms with Crippen LogP contribution in [-0.4, -0.2) is 5.91 Å². The van der Waals surface area contributed by atoms with E-state index >= 15 is 0 Å². The van der Waals surface area contributed by atoms with Gasteiger partial charge in [-0.1, -0.05) is 23.7 Å². The van der Waals surface area contributed by atoms with Crippen LogP contribution in [0.3, 0.4) is 0 Å². The van der Waals surface area contributed by atoms with Gasteiger partial charge in [0.2, 0.25) is 0 Å². The molecule has 0 aliphatic heterocycles. The summed E-state index contributed by atoms with van der Waals surface area (Å²) < 4.78 is 26.8. The molecule has 0 aliphatic rings. The summed E-state index contributed by atoms with van der Waals surface area (Å²) in [5.41, 5.74) is 0.931. The van der Waals surface area contributed by atoms with Crippen LogP contribution in [0.25, 0.3) is 0 Å². The third kappa shape index (κ3) is 3.26. The van der Waals surface area contributed by atoms with Crippen LogP contribution in [-0.2, 0) is 5.88 Å². The quantitative estimate of drug-likeness (QED) is 0.650. The Labute approximate surface area is 124 Å². The van der Waals surface area contributed by atoms with E-state index < -0.39 is 23.1 Å². The molecule has 0 aromatic heterocycles. The Morgan fingerprint density at radius 2 is 1.75 bits per heavy atom. The second kappa shape index (κ2) is 6.20. The molecule has 2 rings (SSSR count). The summed E-state index contributed by atoms with van der Waals surface area (Å²) in [7, 11) is 0. The van der Waals surface area contributed by atoms with Gasteiger partial charge in [-0.15, -0.1) is 11.6 Å². The molecule has 0 unspecified atom stereocenters. The number of carbonyl (C=O) groups excluding carboxylic acids is 1. The molecule has 2 nitrogen and oxygen atoms in total. The summed E-state index contributed by atoms with van der Waals surface area (Å²) in [5, 5.41) is 2.10. The molecule has 0 bridgehead atoms. The van der Waals surface area contributed by atoms with Gasteiger partial charge in [-0.2, -0.15) is 0 Å². The van der Waals surface area contributed by atoms with Crippen molar-refractivity contribution in [1.82, 2.24) is 0 Å². The maximum atomic E-state index is 13.6. The fraction of sp³-hybridized carbons (Fsp3) is 0.0714. The van der Waals surface area contributed by atoms with Gasteiger partial charge in [0.1, 0.15) is 11.6 Å². The smallest absolute Gasteiger partial charge is 0.258 e. The fourth-order valence-corrected chi connectivity index (χ4v) is 1.90. The number of benzene rings is 2. The molecule has 0 saturated heterocycles. The van der Waals surface area contributed by atoms with Crippen molar-refractivity contribution in [3.8, 4) is 0 Å². The zero-order valence-electron chi connectivity index (χ0n) is 10.1. The van der Waals surface area contributed by atoms with Gasteiger partial charge in [0.15, 0.2) is 0 Å². The topological polar surface area (TPSA) is 29.1 Å². The highest BCUT2D eigenvalue weighted by Gasteiger charge is 2.15. The number of alkyl halides is 1. The fourth-order valence-electron chi connectivity index (χ4n) is 1.57. The average molecular weight is 316 g/mol. The maximum Gasteiger partial charge on any atom is 0.258 e. The Kier molecular flexibility index (Phi) is 4.57. The molecule has 0 heterocycles. The standard InChI is InChI=1S/C14H9Cl2F2NO/c15-7-8-1-3-9(4-2-8)19-14(20)10-5-13(18)11(16)6-12(10)17/h1-6H,7H2,(H,19,20). The Balaban J connectivity index is 2.21. The summed E-state index contributed by atoms with van der Waals surface area (Å²) in [6.07, 6.45) is 0. The van der Waals surface area contributed by atoms with Gasteiger partial charge in [-0.05, 0) is 29.8 Å². The van der Waals surface area contributed by atoms with Gasteiger partial charge in [0.25, 0.3) is 5.91 Å². The van der Waals surface area contributed by atoms with Crippen molar-refractivity contribution in [2.75, 3.05) is 5.32 Å². The number of hydrogen-bond acceptors (Lipinski definition) is 1. The molecule has 0 radical (unpaired) electrons. The Bertz CT molecular complexity index is 644. The van der Waals surface area contributed by atoms with E-state index in [1.807, 2.05) is 0 Å². The SMILES string of the molecule is O=C(Nc1ccc(CCl)cc1)c1cc(F)c(Cl)cc1F. The van der Waals surface area contributed by atoms with Gasteiger partial charge in [0.05, 0.1) is 10.6 Å². The van der Waals surface area contributed by atoms with Crippen molar-refractivity contribution in [1.29, 1.82) is 0 Å². The van der Waals surface area contributed by atoms with Crippen molar-refractivity contribution in [3.05, 3.63) is 64.2 Å². The molecule has 1 N–H and O–H groups in total. The van der Waals surface area contributed by atoms with Crippen LogP contribution in [0.1, 0.15) is 15.9 Å². The van der Waals surface area contributed by atoms with Gasteiger partial charge >= 0.3 is 0 Å². The summed E-state index contributed by atoms with van der Waals surface area (Å²) in [6, 6.07) is 8.23. The van der Waals surface area contributed by atoms with Crippen molar-refractivity contribution < 1.29 is 13.6 Å². The largest absolute Gasteiger partial charge is 0.322 e. The van der Waals surface area contributed by atoms with Crippen molar-refractivity contribution in [2.45, 2.75) is 5.88 Å². The minimum atomic E-state index is -0.883. The first-order chi connectivity index (χ1) is 9.51. The van der Waals surface area contributed by atoms with Crippen LogP contribution in [0.4, 0.5) is 14.5 Å². The molecule has 0 aliphatic carbocycles. The molecule has 2 aromatic rings. The van der Waals surface area contributed by atoms with Gasteiger partial charge in [-0.25, -0.2) is 8.78 Å². The zero-order chi connectivity index (χ0) is 14.7. The highest BCUT2D eigenvalue weighted by molar-refractivity contribution is 6.30. The lowest BCUT2D eigenvalue weighted by Gasteiger charge is -2.07. The molecular weight excluding hydrogens is 307 g/mol. The van der Waals surface area contributed by atoms with E-state index in [2.05, 4.69) is 5.32 Å². The molecule has 0 saturated carbocycles. The number of amides is 1. The van der Waals surface area contributed by atoms with E-state index in [4.69, 9.17) is 23.2 Å². The number of hydrogen-bond donors (Lipinski definition) is 1. The third-order valence-electron chi connectivity index (χ3n) is 2.62. The van der Waals surface area contributed by atoms with Gasteiger partial charge in [-0.3, -0.25) is 4.79 Å². The van der Waals surface area contributed by atoms with Crippen molar-refractivity contribution in [3.63, 3.8) is 0 Å². The number of carbonyl (C=O) groups is 1. The lowest BCUT2D eigenvalue weighted by molar-refractivity contribution is 0.102. The van der Waals surface area contributed by atoms with E-state index in [0.717, 1.165) is 17.7 Å². The van der Waals surface area contributed by atoms with E-state index in [9.17, 15) is 13.6 Å². The lowest BCUT2D eigenvalue weighted by Crippen LogP contribution is -2.14. The second-order valence-corrected chi connectivity index (χ2v) is 4.71. The molecule has 0 fully saturated rings. The molecule has 20 heavy (non-hydrogen) atoms. The lowest BCUT2D eigenvalue weighted by atomic mass is 10.1. The monoisotopic (exact) mass is 315 g/mol. The van der Waals surface area contributed by atoms with Crippen molar-refractivity contribution >= 4 is 34.8 Å². The Morgan fingerprint density at radius 1 is 1.10 bits per heavy atom. The first-order valence-corrected chi connectivity index (χ1v) is 6.53. The molecule has 104 valence electrons. The summed E-state index contributed by atoms with van der Waals surface area (Å²) >= 11 is 11.1.